The highest BCUT2D eigenvalue weighted by Gasteiger charge is 2.32. The highest BCUT2D eigenvalue weighted by atomic mass is 16.5. The van der Waals surface area contributed by atoms with Crippen molar-refractivity contribution in [2.75, 3.05) is 24.7 Å². The third kappa shape index (κ3) is 3.54. The van der Waals surface area contributed by atoms with Crippen LogP contribution in [0.15, 0.2) is 30.3 Å². The maximum Gasteiger partial charge on any atom is 0.240 e. The fraction of sp³-hybridized carbons (Fsp3) is 0.368. The van der Waals surface area contributed by atoms with E-state index in [0.29, 0.717) is 41.6 Å². The zero-order valence-electron chi connectivity index (χ0n) is 15.3. The number of hydrogen-bond acceptors (Lipinski definition) is 7. The molecule has 4 N–H and O–H groups in total. The number of primary amides is 1. The van der Waals surface area contributed by atoms with E-state index in [1.807, 2.05) is 35.2 Å². The lowest BCUT2D eigenvalue weighted by atomic mass is 10.2. The van der Waals surface area contributed by atoms with Crippen LogP contribution < -0.4 is 10.6 Å². The summed E-state index contributed by atoms with van der Waals surface area (Å²) in [7, 11) is 0. The van der Waals surface area contributed by atoms with Crippen molar-refractivity contribution in [2.45, 2.75) is 25.5 Å². The highest BCUT2D eigenvalue weighted by molar-refractivity contribution is 5.90. The minimum absolute atomic E-state index is 0.0580. The number of anilines is 1. The zero-order valence-corrected chi connectivity index (χ0v) is 15.3. The van der Waals surface area contributed by atoms with E-state index in [2.05, 4.69) is 15.0 Å². The molecule has 1 aliphatic heterocycles. The summed E-state index contributed by atoms with van der Waals surface area (Å²) in [6, 6.07) is 9.22. The van der Waals surface area contributed by atoms with E-state index in [1.165, 1.54) is 0 Å². The molecule has 0 saturated carbocycles. The summed E-state index contributed by atoms with van der Waals surface area (Å²) in [4.78, 5) is 30.9. The van der Waals surface area contributed by atoms with Gasteiger partial charge in [-0.3, -0.25) is 4.79 Å². The number of carbonyl (C=O) groups excluding carboxylic acids is 1. The van der Waals surface area contributed by atoms with Gasteiger partial charge >= 0.3 is 0 Å². The van der Waals surface area contributed by atoms with Gasteiger partial charge in [0.25, 0.3) is 0 Å². The molecule has 0 spiro atoms. The van der Waals surface area contributed by atoms with Crippen molar-refractivity contribution in [3.63, 3.8) is 0 Å². The van der Waals surface area contributed by atoms with E-state index < -0.39 is 6.04 Å². The van der Waals surface area contributed by atoms with Gasteiger partial charge in [-0.25, -0.2) is 15.0 Å². The van der Waals surface area contributed by atoms with Gasteiger partial charge in [-0.15, -0.1) is 0 Å². The largest absolute Gasteiger partial charge is 0.394 e. The Morgan fingerprint density at radius 3 is 2.86 bits per heavy atom. The number of aromatic amines is 1. The molecule has 3 heterocycles. The van der Waals surface area contributed by atoms with E-state index in [1.54, 1.807) is 0 Å². The maximum atomic E-state index is 11.9. The van der Waals surface area contributed by atoms with Crippen LogP contribution in [0, 0.1) is 0 Å². The lowest BCUT2D eigenvalue weighted by Gasteiger charge is -2.23. The molecule has 28 heavy (non-hydrogen) atoms. The Bertz CT molecular complexity index is 974. The lowest BCUT2D eigenvalue weighted by Crippen LogP contribution is -2.41. The van der Waals surface area contributed by atoms with Gasteiger partial charge in [0, 0.05) is 12.1 Å². The monoisotopic (exact) mass is 382 g/mol. The van der Waals surface area contributed by atoms with E-state index in [4.69, 9.17) is 20.6 Å². The molecule has 0 unspecified atom stereocenters. The molecule has 2 aromatic heterocycles. The smallest absolute Gasteiger partial charge is 0.240 e. The summed E-state index contributed by atoms with van der Waals surface area (Å²) >= 11 is 0. The van der Waals surface area contributed by atoms with Crippen LogP contribution in [-0.4, -0.2) is 56.7 Å². The molecule has 1 amide bonds. The highest BCUT2D eigenvalue weighted by Crippen LogP contribution is 2.31. The van der Waals surface area contributed by atoms with E-state index in [0.717, 1.165) is 12.0 Å². The molecule has 4 rings (SSSR count). The summed E-state index contributed by atoms with van der Waals surface area (Å²) in [5.41, 5.74) is 7.62. The SMILES string of the molecule is NC(=O)[C@@H]1CCCN1c1nc(-c2ccccc2)nc2nc(COCCO)[nH]c12. The van der Waals surface area contributed by atoms with Crippen molar-refractivity contribution in [3.05, 3.63) is 36.2 Å². The molecule has 1 saturated heterocycles. The molecule has 0 bridgehead atoms. The number of benzene rings is 1. The number of amides is 1. The van der Waals surface area contributed by atoms with Crippen LogP contribution in [0.1, 0.15) is 18.7 Å². The van der Waals surface area contributed by atoms with Crippen molar-refractivity contribution >= 4 is 22.9 Å². The number of aliphatic hydroxyl groups excluding tert-OH is 1. The van der Waals surface area contributed by atoms with E-state index in [9.17, 15) is 4.79 Å². The number of nitrogens with two attached hydrogens (primary N) is 1. The first kappa shape index (κ1) is 18.3. The molecule has 9 heteroatoms. The molecule has 3 aromatic rings. The molecule has 1 fully saturated rings. The molecule has 1 aromatic carbocycles. The average Bonchev–Trinajstić information content (AvgIpc) is 3.35. The first-order valence-corrected chi connectivity index (χ1v) is 9.24. The number of fused-ring (bicyclic) bond motifs is 1. The van der Waals surface area contributed by atoms with Gasteiger partial charge in [0.05, 0.1) is 13.2 Å². The number of H-pyrrole nitrogens is 1. The van der Waals surface area contributed by atoms with Gasteiger partial charge in [-0.2, -0.15) is 0 Å². The third-order valence-electron chi connectivity index (χ3n) is 4.74. The summed E-state index contributed by atoms with van der Waals surface area (Å²) in [6.45, 7) is 1.07. The van der Waals surface area contributed by atoms with Crippen LogP contribution in [-0.2, 0) is 16.1 Å². The van der Waals surface area contributed by atoms with Gasteiger partial charge < -0.3 is 25.5 Å². The molecular formula is C19H22N6O3. The molecular weight excluding hydrogens is 360 g/mol. The van der Waals surface area contributed by atoms with Crippen molar-refractivity contribution in [3.8, 4) is 11.4 Å². The minimum atomic E-state index is -0.404. The second kappa shape index (κ2) is 7.91. The van der Waals surface area contributed by atoms with Gasteiger partial charge in [-0.1, -0.05) is 30.3 Å². The summed E-state index contributed by atoms with van der Waals surface area (Å²) in [5, 5.41) is 8.89. The Labute approximate surface area is 161 Å². The fourth-order valence-corrected chi connectivity index (χ4v) is 3.47. The number of carbonyl (C=O) groups is 1. The predicted molar refractivity (Wildman–Crippen MR) is 103 cm³/mol. The predicted octanol–water partition coefficient (Wildman–Crippen LogP) is 0.983. The third-order valence-corrected chi connectivity index (χ3v) is 4.74. The quantitative estimate of drug-likeness (QED) is 0.519. The molecule has 9 nitrogen and oxygen atoms in total. The minimum Gasteiger partial charge on any atom is -0.394 e. The van der Waals surface area contributed by atoms with Crippen molar-refractivity contribution in [1.29, 1.82) is 0 Å². The Balaban J connectivity index is 1.81. The maximum absolute atomic E-state index is 11.9. The van der Waals surface area contributed by atoms with Crippen LogP contribution in [0.4, 0.5) is 5.82 Å². The van der Waals surface area contributed by atoms with Crippen molar-refractivity contribution < 1.29 is 14.6 Å². The Morgan fingerprint density at radius 1 is 1.29 bits per heavy atom. The molecule has 146 valence electrons. The number of aliphatic hydroxyl groups is 1. The molecule has 1 atom stereocenters. The van der Waals surface area contributed by atoms with E-state index >= 15 is 0 Å². The van der Waals surface area contributed by atoms with E-state index in [-0.39, 0.29) is 25.7 Å². The number of imidazole rings is 1. The summed E-state index contributed by atoms with van der Waals surface area (Å²) < 4.78 is 5.36. The van der Waals surface area contributed by atoms with Crippen LogP contribution >= 0.6 is 0 Å². The number of nitrogens with zero attached hydrogens (tertiary/aromatic N) is 4. The van der Waals surface area contributed by atoms with Gasteiger partial charge in [0.1, 0.15) is 24.0 Å². The average molecular weight is 382 g/mol. The number of rotatable bonds is 7. The number of aromatic nitrogens is 4. The normalized spacial score (nSPS) is 16.8. The van der Waals surface area contributed by atoms with Crippen LogP contribution in [0.5, 0.6) is 0 Å². The number of ether oxygens (including phenoxy) is 1. The standard InChI is InChI=1S/C19H22N6O3/c20-16(27)13-7-4-8-25(13)19-15-18(22-14(21-15)11-28-10-9-26)23-17(24-19)12-5-2-1-3-6-12/h1-3,5-6,13,26H,4,7-11H2,(H2,20,27)(H,21,22,23,24)/t13-/m0/s1. The molecule has 1 aliphatic rings. The fourth-order valence-electron chi connectivity index (χ4n) is 3.47. The summed E-state index contributed by atoms with van der Waals surface area (Å²) in [5.74, 6) is 1.37. The van der Waals surface area contributed by atoms with Crippen LogP contribution in [0.25, 0.3) is 22.6 Å². The Morgan fingerprint density at radius 2 is 2.11 bits per heavy atom. The van der Waals surface area contributed by atoms with Gasteiger partial charge in [-0.05, 0) is 12.8 Å². The first-order chi connectivity index (χ1) is 13.7. The second-order valence-electron chi connectivity index (χ2n) is 6.65. The van der Waals surface area contributed by atoms with Crippen LogP contribution in [0.3, 0.4) is 0 Å². The lowest BCUT2D eigenvalue weighted by molar-refractivity contribution is -0.119. The molecule has 0 radical (unpaired) electrons. The van der Waals surface area contributed by atoms with Crippen molar-refractivity contribution in [2.24, 2.45) is 5.73 Å². The summed E-state index contributed by atoms with van der Waals surface area (Å²) in [6.07, 6.45) is 1.56. The van der Waals surface area contributed by atoms with Crippen molar-refractivity contribution in [1.82, 2.24) is 19.9 Å². The first-order valence-electron chi connectivity index (χ1n) is 9.24. The van der Waals surface area contributed by atoms with Gasteiger partial charge in [0.15, 0.2) is 17.3 Å². The Kier molecular flexibility index (Phi) is 5.18. The molecule has 0 aliphatic carbocycles. The topological polar surface area (TPSA) is 130 Å². The number of hydrogen-bond donors (Lipinski definition) is 3. The zero-order chi connectivity index (χ0) is 19.5. The second-order valence-corrected chi connectivity index (χ2v) is 6.65. The Hall–Kier alpha value is -3.04. The van der Waals surface area contributed by atoms with Crippen LogP contribution in [0.2, 0.25) is 0 Å². The number of nitrogens with one attached hydrogen (secondary N) is 1. The van der Waals surface area contributed by atoms with Gasteiger partial charge in [0.2, 0.25) is 5.91 Å².